The summed E-state index contributed by atoms with van der Waals surface area (Å²) < 4.78 is 79.6. The zero-order valence-electron chi connectivity index (χ0n) is 25.0. The van der Waals surface area contributed by atoms with Crippen LogP contribution < -0.4 is 0 Å². The summed E-state index contributed by atoms with van der Waals surface area (Å²) in [4.78, 5) is 38.2. The van der Waals surface area contributed by atoms with E-state index >= 15 is 0 Å². The molecule has 0 radical (unpaired) electrons. The fourth-order valence-electron chi connectivity index (χ4n) is 4.35. The molecule has 11 nitrogen and oxygen atoms in total. The van der Waals surface area contributed by atoms with E-state index < -0.39 is 73.4 Å². The molecule has 0 spiro atoms. The summed E-state index contributed by atoms with van der Waals surface area (Å²) in [5.41, 5.74) is 0.294. The number of rotatable bonds is 14. The molecular weight excluding hydrogens is 632 g/mol. The molecule has 2 aromatic carbocycles. The Balaban J connectivity index is 2.08. The van der Waals surface area contributed by atoms with Gasteiger partial charge in [-0.25, -0.2) is 0 Å². The number of alkyl halides is 3. The molecule has 1 aliphatic rings. The van der Waals surface area contributed by atoms with Gasteiger partial charge in [0.25, 0.3) is 0 Å². The van der Waals surface area contributed by atoms with E-state index in [2.05, 4.69) is 9.12 Å². The molecule has 0 bridgehead atoms. The molecule has 17 heteroatoms. The molecule has 46 heavy (non-hydrogen) atoms. The third kappa shape index (κ3) is 10.7. The number of carbonyl (C=O) groups is 3. The number of ether oxygens (including phenoxy) is 6. The second-order valence-electron chi connectivity index (χ2n) is 9.88. The number of carbonyl (C=O) groups excluding carboxylic acids is 3. The Morgan fingerprint density at radius 1 is 0.935 bits per heavy atom. The molecule has 3 unspecified atom stereocenters. The number of hydrogen-bond donors (Lipinski definition) is 1. The zero-order valence-corrected chi connectivity index (χ0v) is 26.2. The minimum atomic E-state index is -5.24. The van der Waals surface area contributed by atoms with Crippen molar-refractivity contribution in [2.75, 3.05) is 13.2 Å². The molecule has 0 amide bonds. The van der Waals surface area contributed by atoms with E-state index in [1.165, 1.54) is 37.8 Å². The Bertz CT molecular complexity index is 1340. The third-order valence-electron chi connectivity index (χ3n) is 6.48. The summed E-state index contributed by atoms with van der Waals surface area (Å²) >= 11 is 0. The topological polar surface area (TPSA) is 140 Å². The van der Waals surface area contributed by atoms with Crippen LogP contribution >= 0.6 is 9.12 Å². The van der Waals surface area contributed by atoms with E-state index in [1.807, 2.05) is 6.92 Å². The van der Waals surface area contributed by atoms with Gasteiger partial charge in [-0.3, -0.25) is 0 Å². The predicted molar refractivity (Wildman–Crippen MR) is 162 cm³/mol. The van der Waals surface area contributed by atoms with E-state index in [0.717, 1.165) is 6.92 Å². The summed E-state index contributed by atoms with van der Waals surface area (Å²) in [6.45, 7) is 3.91. The normalized spacial score (nSPS) is 21.7. The molecule has 1 N–H and O–H groups in total. The van der Waals surface area contributed by atoms with Gasteiger partial charge in [0, 0.05) is 0 Å². The first-order chi connectivity index (χ1) is 22.0. The Morgan fingerprint density at radius 2 is 1.54 bits per heavy atom. The monoisotopic (exact) mass is 665 g/mol. The van der Waals surface area contributed by atoms with Gasteiger partial charge in [-0.1, -0.05) is 0 Å². The molecule has 2 aromatic rings. The fraction of sp³-hybridized carbons (Fsp3) is 0.448. The van der Waals surface area contributed by atoms with Crippen molar-refractivity contribution < 1.29 is 60.6 Å². The number of hydrogen-bond acceptors (Lipinski definition) is 11. The summed E-state index contributed by atoms with van der Waals surface area (Å²) in [5, 5.41) is 7.47. The molecule has 0 saturated carbocycles. The molecule has 1 fully saturated rings. The van der Waals surface area contributed by atoms with Crippen molar-refractivity contribution in [3.63, 3.8) is 0 Å². The van der Waals surface area contributed by atoms with Crippen molar-refractivity contribution in [1.29, 1.82) is 5.41 Å². The van der Waals surface area contributed by atoms with Crippen LogP contribution in [-0.4, -0.2) is 93.5 Å². The van der Waals surface area contributed by atoms with Crippen LogP contribution in [0.5, 0.6) is 0 Å². The summed E-state index contributed by atoms with van der Waals surface area (Å²) in [6, 6.07) is 15.7. The molecular formula is C29H33B2F3NO10P. The predicted octanol–water partition coefficient (Wildman–Crippen LogP) is 3.88. The number of unbranched alkanes of at least 4 members (excludes halogenated alkanes) is 1. The van der Waals surface area contributed by atoms with E-state index in [1.54, 1.807) is 36.4 Å². The van der Waals surface area contributed by atoms with E-state index in [9.17, 15) is 27.6 Å². The first kappa shape index (κ1) is 36.9. The van der Waals surface area contributed by atoms with Crippen LogP contribution in [-0.2, 0) is 37.9 Å². The average molecular weight is 665 g/mol. The van der Waals surface area contributed by atoms with Crippen LogP contribution in [0.2, 0.25) is 0 Å². The van der Waals surface area contributed by atoms with Gasteiger partial charge >= 0.3 is 267 Å². The number of esters is 3. The molecule has 1 heterocycles. The van der Waals surface area contributed by atoms with Gasteiger partial charge in [0.15, 0.2) is 0 Å². The Morgan fingerprint density at radius 3 is 2.09 bits per heavy atom. The number of halogens is 3. The minimum absolute atomic E-state index is 0.0699. The van der Waals surface area contributed by atoms with Gasteiger partial charge in [-0.2, -0.15) is 0 Å². The van der Waals surface area contributed by atoms with Crippen LogP contribution in [0.3, 0.4) is 0 Å². The summed E-state index contributed by atoms with van der Waals surface area (Å²) in [5.74, 6) is -4.80. The van der Waals surface area contributed by atoms with Gasteiger partial charge in [-0.15, -0.1) is 0 Å². The Labute approximate surface area is 267 Å². The van der Waals surface area contributed by atoms with E-state index in [4.69, 9.17) is 38.5 Å². The van der Waals surface area contributed by atoms with Crippen LogP contribution in [0.15, 0.2) is 60.7 Å². The van der Waals surface area contributed by atoms with Crippen molar-refractivity contribution in [3.8, 4) is 0 Å². The van der Waals surface area contributed by atoms with Crippen molar-refractivity contribution in [2.45, 2.75) is 69.7 Å². The van der Waals surface area contributed by atoms with Crippen LogP contribution in [0.1, 0.15) is 47.4 Å². The second kappa shape index (κ2) is 17.9. The van der Waals surface area contributed by atoms with Crippen molar-refractivity contribution in [1.82, 2.24) is 0 Å². The van der Waals surface area contributed by atoms with E-state index in [0.29, 0.717) is 12.8 Å². The molecule has 3 rings (SSSR count). The van der Waals surface area contributed by atoms with Gasteiger partial charge in [0.05, 0.1) is 0 Å². The molecule has 7 atom stereocenters. The van der Waals surface area contributed by atoms with E-state index in [-0.39, 0.29) is 17.7 Å². The van der Waals surface area contributed by atoms with Gasteiger partial charge < -0.3 is 0 Å². The van der Waals surface area contributed by atoms with Crippen LogP contribution in [0, 0.1) is 5.41 Å². The van der Waals surface area contributed by atoms with Gasteiger partial charge in [-0.05, 0) is 0 Å². The van der Waals surface area contributed by atoms with Crippen molar-refractivity contribution >= 4 is 46.4 Å². The standard InChI is InChI=1S/C29H33B2F3NO10P/c1-3-4-15-39-20(16-40-25(37)18-11-7-5-8-12-18)21-23(45-30-31-46)22(42-26(38)19-13-9-6-10-14-19)24(41-17(2)36)27(43-21)44-28(35)29(32,33)34/h5-14,20-24,27,35H,3-4,15-16,46H2,1-2H3/t20-,21?,22?,23+,24+,27-/m0/s1. The Hall–Kier alpha value is -3.61. The molecule has 0 aromatic heterocycles. The SMILES string of the molecule is CCCCO[C@@H](COC(=O)c1ccccc1)C1O[C@@H](OC(=N)C(F)(F)F)[C@H](OC(C)=O)C(OC(=O)c2ccccc2)[C@@H]1OB=BP. The first-order valence-corrected chi connectivity index (χ1v) is 14.9. The van der Waals surface area contributed by atoms with Crippen molar-refractivity contribution in [2.24, 2.45) is 0 Å². The second-order valence-corrected chi connectivity index (χ2v) is 10.3. The fourth-order valence-corrected chi connectivity index (χ4v) is 4.44. The quantitative estimate of drug-likeness (QED) is 0.0602. The Kier molecular flexibility index (Phi) is 14.4. The number of nitrogens with one attached hydrogen (secondary N) is 1. The maximum atomic E-state index is 13.5. The van der Waals surface area contributed by atoms with Crippen molar-refractivity contribution in [3.05, 3.63) is 71.8 Å². The van der Waals surface area contributed by atoms with Crippen LogP contribution in [0.25, 0.3) is 0 Å². The van der Waals surface area contributed by atoms with Crippen LogP contribution in [0.4, 0.5) is 13.2 Å². The van der Waals surface area contributed by atoms with Gasteiger partial charge in [0.2, 0.25) is 0 Å². The molecule has 1 aliphatic heterocycles. The first-order valence-electron chi connectivity index (χ1n) is 14.2. The maximum absolute atomic E-state index is 13.5. The molecule has 246 valence electrons. The average Bonchev–Trinajstić information content (AvgIpc) is 3.03. The van der Waals surface area contributed by atoms with Gasteiger partial charge in [0.1, 0.15) is 0 Å². The molecule has 0 aliphatic carbocycles. The third-order valence-corrected chi connectivity index (χ3v) is 6.63. The zero-order chi connectivity index (χ0) is 33.7. The number of benzene rings is 2. The molecule has 1 saturated heterocycles. The summed E-state index contributed by atoms with van der Waals surface area (Å²) in [7, 11) is 3.44. The summed E-state index contributed by atoms with van der Waals surface area (Å²) in [6.07, 6.45) is -13.8.